The van der Waals surface area contributed by atoms with Gasteiger partial charge in [0.05, 0.1) is 19.8 Å². The lowest BCUT2D eigenvalue weighted by Gasteiger charge is -2.48. The van der Waals surface area contributed by atoms with Gasteiger partial charge in [0, 0.05) is 19.5 Å². The summed E-state index contributed by atoms with van der Waals surface area (Å²) in [7, 11) is 0. The number of nitrogens with one attached hydrogen (secondary N) is 2. The van der Waals surface area contributed by atoms with Crippen LogP contribution < -0.4 is 21.1 Å². The van der Waals surface area contributed by atoms with Crippen LogP contribution >= 0.6 is 0 Å². The van der Waals surface area contributed by atoms with Gasteiger partial charge in [-0.3, -0.25) is 9.59 Å². The molecule has 15 atom stereocenters. The normalized spacial score (nSPS) is 40.8. The summed E-state index contributed by atoms with van der Waals surface area (Å²) >= 11 is 0. The first-order valence-electron chi connectivity index (χ1n) is 14.9. The Labute approximate surface area is 268 Å². The number of carbonyl (C=O) groups is 2. The molecule has 0 bridgehead atoms. The van der Waals surface area contributed by atoms with E-state index in [1.54, 1.807) is 0 Å². The molecule has 4 rings (SSSR count). The predicted molar refractivity (Wildman–Crippen MR) is 154 cm³/mol. The SMILES string of the molecule is CC(=O)N[C@H]1[C@H](OC[C@H]2O[C@H](Oc3ccc(N)cc3)[C@H](NC(C)=O)[C@@H](O[C@@H]3O[C@H](CO)[C@@H](O)[C@H](O)[C@H]3O)[C@H]2O)O[C@H](CO)[C@@H](O)[C@@H]1O. The Morgan fingerprint density at radius 2 is 1.23 bits per heavy atom. The van der Waals surface area contributed by atoms with Crippen molar-refractivity contribution in [2.24, 2.45) is 0 Å². The number of nitrogens with two attached hydrogens (primary N) is 1. The van der Waals surface area contributed by atoms with Crippen molar-refractivity contribution in [2.45, 2.75) is 106 Å². The Morgan fingerprint density at radius 3 is 1.81 bits per heavy atom. The molecular formula is C28H43N3O16. The first-order valence-corrected chi connectivity index (χ1v) is 14.9. The molecule has 0 spiro atoms. The molecule has 266 valence electrons. The average Bonchev–Trinajstić information content (AvgIpc) is 3.03. The van der Waals surface area contributed by atoms with Crippen molar-refractivity contribution in [3.05, 3.63) is 24.3 Å². The first kappa shape index (κ1) is 37.1. The molecule has 1 aromatic rings. The molecular weight excluding hydrogens is 634 g/mol. The van der Waals surface area contributed by atoms with Gasteiger partial charge in [0.1, 0.15) is 78.9 Å². The Hall–Kier alpha value is -2.76. The minimum absolute atomic E-state index is 0.214. The molecule has 3 aliphatic rings. The Kier molecular flexibility index (Phi) is 12.7. The van der Waals surface area contributed by atoms with Gasteiger partial charge in [0.15, 0.2) is 12.6 Å². The minimum atomic E-state index is -1.87. The van der Waals surface area contributed by atoms with Gasteiger partial charge in [0.25, 0.3) is 0 Å². The Bertz CT molecular complexity index is 1180. The van der Waals surface area contributed by atoms with Gasteiger partial charge in [-0.1, -0.05) is 0 Å². The van der Waals surface area contributed by atoms with E-state index in [1.165, 1.54) is 31.2 Å². The van der Waals surface area contributed by atoms with Crippen molar-refractivity contribution in [1.82, 2.24) is 10.6 Å². The van der Waals surface area contributed by atoms with E-state index >= 15 is 0 Å². The first-order chi connectivity index (χ1) is 22.2. The fourth-order valence-corrected chi connectivity index (χ4v) is 5.52. The molecule has 3 fully saturated rings. The number of nitrogen functional groups attached to an aromatic ring is 1. The molecule has 0 radical (unpaired) electrons. The average molecular weight is 678 g/mol. The van der Waals surface area contributed by atoms with Crippen LogP contribution in [0.2, 0.25) is 0 Å². The van der Waals surface area contributed by atoms with Gasteiger partial charge >= 0.3 is 0 Å². The second kappa shape index (κ2) is 16.1. The monoisotopic (exact) mass is 677 g/mol. The van der Waals surface area contributed by atoms with Crippen molar-refractivity contribution in [1.29, 1.82) is 0 Å². The van der Waals surface area contributed by atoms with Gasteiger partial charge in [-0.05, 0) is 24.3 Å². The van der Waals surface area contributed by atoms with Crippen LogP contribution in [0, 0.1) is 0 Å². The van der Waals surface area contributed by atoms with E-state index in [1.807, 2.05) is 0 Å². The number of hydrogen-bond acceptors (Lipinski definition) is 17. The van der Waals surface area contributed by atoms with E-state index in [2.05, 4.69) is 10.6 Å². The molecule has 3 saturated heterocycles. The molecule has 19 nitrogen and oxygen atoms in total. The van der Waals surface area contributed by atoms with Crippen LogP contribution in [0.5, 0.6) is 5.75 Å². The zero-order chi connectivity index (χ0) is 34.6. The van der Waals surface area contributed by atoms with Crippen LogP contribution in [0.1, 0.15) is 13.8 Å². The van der Waals surface area contributed by atoms with E-state index in [0.29, 0.717) is 5.69 Å². The Balaban J connectivity index is 1.63. The highest BCUT2D eigenvalue weighted by atomic mass is 16.7. The van der Waals surface area contributed by atoms with Gasteiger partial charge in [-0.15, -0.1) is 0 Å². The zero-order valence-corrected chi connectivity index (χ0v) is 25.5. The molecule has 0 unspecified atom stereocenters. The highest BCUT2D eigenvalue weighted by molar-refractivity contribution is 5.73. The summed E-state index contributed by atoms with van der Waals surface area (Å²) in [5, 5.41) is 87.9. The number of aliphatic hydroxyl groups excluding tert-OH is 8. The highest BCUT2D eigenvalue weighted by Gasteiger charge is 2.53. The van der Waals surface area contributed by atoms with E-state index in [9.17, 15) is 50.4 Å². The molecule has 2 amide bonds. The minimum Gasteiger partial charge on any atom is -0.463 e. The lowest BCUT2D eigenvalue weighted by molar-refractivity contribution is -0.343. The van der Waals surface area contributed by atoms with Crippen LogP contribution in [0.15, 0.2) is 24.3 Å². The molecule has 0 aromatic heterocycles. The largest absolute Gasteiger partial charge is 0.463 e. The molecule has 19 heteroatoms. The van der Waals surface area contributed by atoms with Gasteiger partial charge in [-0.2, -0.15) is 0 Å². The van der Waals surface area contributed by atoms with Crippen molar-refractivity contribution in [2.75, 3.05) is 25.6 Å². The van der Waals surface area contributed by atoms with Crippen LogP contribution in [-0.4, -0.2) is 164 Å². The summed E-state index contributed by atoms with van der Waals surface area (Å²) in [6.07, 6.45) is -20.6. The number of hydrogen-bond donors (Lipinski definition) is 11. The lowest BCUT2D eigenvalue weighted by Crippen LogP contribution is -2.69. The standard InChI is InChI=1S/C28H43N3O16/c1-10(34)30-17-22(39)19(36)14(7-32)44-26(17)42-9-16-21(38)25(47-28-24(41)23(40)20(37)15(8-33)45-28)18(31-11(2)35)27(46-16)43-13-5-3-12(29)4-6-13/h3-6,14-28,32-33,36-41H,7-9,29H2,1-2H3,(H,30,34)(H,31,35)/t14-,15-,16-,17-,18-,19-,20-,21+,22-,23+,24-,25-,26-,27+,28+/m1/s1. The second-order valence-electron chi connectivity index (χ2n) is 11.5. The summed E-state index contributed by atoms with van der Waals surface area (Å²) in [6.45, 7) is 0.295. The fraction of sp³-hybridized carbons (Fsp3) is 0.714. The maximum absolute atomic E-state index is 12.3. The number of rotatable bonds is 11. The fourth-order valence-electron chi connectivity index (χ4n) is 5.52. The third-order valence-electron chi connectivity index (χ3n) is 7.99. The lowest BCUT2D eigenvalue weighted by atomic mass is 9.95. The van der Waals surface area contributed by atoms with E-state index in [0.717, 1.165) is 6.92 Å². The highest BCUT2D eigenvalue weighted by Crippen LogP contribution is 2.32. The summed E-state index contributed by atoms with van der Waals surface area (Å²) in [6, 6.07) is 3.43. The summed E-state index contributed by atoms with van der Waals surface area (Å²) in [5.41, 5.74) is 6.19. The summed E-state index contributed by atoms with van der Waals surface area (Å²) in [4.78, 5) is 24.2. The Morgan fingerprint density at radius 1 is 0.702 bits per heavy atom. The van der Waals surface area contributed by atoms with Crippen molar-refractivity contribution < 1.29 is 78.9 Å². The third-order valence-corrected chi connectivity index (χ3v) is 7.99. The number of carbonyl (C=O) groups excluding carboxylic acids is 2. The number of benzene rings is 1. The van der Waals surface area contributed by atoms with Crippen LogP contribution in [-0.2, 0) is 33.3 Å². The quantitative estimate of drug-likeness (QED) is 0.0973. The van der Waals surface area contributed by atoms with Gasteiger partial charge in [-0.25, -0.2) is 0 Å². The summed E-state index contributed by atoms with van der Waals surface area (Å²) < 4.78 is 34.8. The summed E-state index contributed by atoms with van der Waals surface area (Å²) in [5.74, 6) is -0.991. The van der Waals surface area contributed by atoms with E-state index in [-0.39, 0.29) is 5.75 Å². The zero-order valence-electron chi connectivity index (χ0n) is 25.5. The number of anilines is 1. The predicted octanol–water partition coefficient (Wildman–Crippen LogP) is -5.62. The van der Waals surface area contributed by atoms with Gasteiger partial charge < -0.3 is 85.6 Å². The maximum atomic E-state index is 12.3. The van der Waals surface area contributed by atoms with Crippen LogP contribution in [0.4, 0.5) is 5.69 Å². The molecule has 3 heterocycles. The van der Waals surface area contributed by atoms with E-state index < -0.39 is 124 Å². The van der Waals surface area contributed by atoms with Crippen LogP contribution in [0.25, 0.3) is 0 Å². The molecule has 0 saturated carbocycles. The molecule has 3 aliphatic heterocycles. The molecule has 0 aliphatic carbocycles. The number of amides is 2. The topological polar surface area (TPSA) is 301 Å². The third kappa shape index (κ3) is 8.64. The number of aliphatic hydroxyl groups is 8. The van der Waals surface area contributed by atoms with Crippen molar-refractivity contribution >= 4 is 17.5 Å². The smallest absolute Gasteiger partial charge is 0.223 e. The maximum Gasteiger partial charge on any atom is 0.223 e. The molecule has 12 N–H and O–H groups in total. The van der Waals surface area contributed by atoms with E-state index in [4.69, 9.17) is 34.2 Å². The van der Waals surface area contributed by atoms with Crippen molar-refractivity contribution in [3.8, 4) is 5.75 Å². The van der Waals surface area contributed by atoms with Crippen molar-refractivity contribution in [3.63, 3.8) is 0 Å². The molecule has 47 heavy (non-hydrogen) atoms. The molecule has 1 aromatic carbocycles. The second-order valence-corrected chi connectivity index (χ2v) is 11.5. The number of ether oxygens (including phenoxy) is 6. The van der Waals surface area contributed by atoms with Gasteiger partial charge in [0.2, 0.25) is 18.1 Å². The van der Waals surface area contributed by atoms with Crippen LogP contribution in [0.3, 0.4) is 0 Å².